The van der Waals surface area contributed by atoms with Crippen molar-refractivity contribution in [1.29, 1.82) is 0 Å². The van der Waals surface area contributed by atoms with Gasteiger partial charge in [0.05, 0.1) is 10.0 Å². The predicted molar refractivity (Wildman–Crippen MR) is 57.4 cm³/mol. The van der Waals surface area contributed by atoms with Crippen molar-refractivity contribution in [1.82, 2.24) is 10.2 Å². The summed E-state index contributed by atoms with van der Waals surface area (Å²) in [5.74, 6) is 0.699. The molecule has 1 heterocycles. The first-order chi connectivity index (χ1) is 7.27. The van der Waals surface area contributed by atoms with Gasteiger partial charge in [0.2, 0.25) is 5.88 Å². The number of benzene rings is 1. The minimum Gasteiger partial charge on any atom is -0.434 e. The van der Waals surface area contributed by atoms with E-state index in [1.165, 1.54) is 0 Å². The van der Waals surface area contributed by atoms with E-state index in [2.05, 4.69) is 16.4 Å². The lowest BCUT2D eigenvalue weighted by atomic mass is 10.3. The van der Waals surface area contributed by atoms with Gasteiger partial charge in [-0.3, -0.25) is 0 Å². The van der Waals surface area contributed by atoms with Crippen LogP contribution < -0.4 is 4.74 Å². The molecule has 15 heavy (non-hydrogen) atoms. The Hall–Kier alpha value is -1.32. The van der Waals surface area contributed by atoms with E-state index in [1.807, 2.05) is 0 Å². The van der Waals surface area contributed by atoms with Gasteiger partial charge in [-0.15, -0.1) is 10.2 Å². The zero-order valence-corrected chi connectivity index (χ0v) is 8.96. The van der Waals surface area contributed by atoms with Crippen LogP contribution in [0.15, 0.2) is 30.3 Å². The smallest absolute Gasteiger partial charge is 0.239 e. The molecule has 0 amide bonds. The summed E-state index contributed by atoms with van der Waals surface area (Å²) >= 11 is 11.8. The zero-order valence-electron chi connectivity index (χ0n) is 7.45. The molecule has 0 aliphatic carbocycles. The van der Waals surface area contributed by atoms with Gasteiger partial charge in [0.1, 0.15) is 6.20 Å². The quantitative estimate of drug-likeness (QED) is 0.806. The minimum absolute atomic E-state index is 0.323. The first kappa shape index (κ1) is 10.2. The summed E-state index contributed by atoms with van der Waals surface area (Å²) in [5.41, 5.74) is 0. The van der Waals surface area contributed by atoms with Crippen molar-refractivity contribution >= 4 is 23.2 Å². The van der Waals surface area contributed by atoms with Gasteiger partial charge in [-0.2, -0.15) is 0 Å². The number of nitrogens with zero attached hydrogens (tertiary/aromatic N) is 2. The van der Waals surface area contributed by atoms with Crippen molar-refractivity contribution in [3.05, 3.63) is 46.6 Å². The summed E-state index contributed by atoms with van der Waals surface area (Å²) in [6, 6.07) is 8.32. The molecule has 0 N–H and O–H groups in total. The molecule has 5 heteroatoms. The van der Waals surface area contributed by atoms with Crippen molar-refractivity contribution in [2.24, 2.45) is 0 Å². The summed E-state index contributed by atoms with van der Waals surface area (Å²) in [7, 11) is 0. The third-order valence-corrected chi connectivity index (χ3v) is 2.23. The summed E-state index contributed by atoms with van der Waals surface area (Å²) in [4.78, 5) is 0. The molecular formula is C10H5Cl2N2O. The molecule has 0 fully saturated rings. The van der Waals surface area contributed by atoms with Crippen LogP contribution in [-0.4, -0.2) is 10.2 Å². The lowest BCUT2D eigenvalue weighted by Crippen LogP contribution is -1.90. The molecule has 2 rings (SSSR count). The predicted octanol–water partition coefficient (Wildman–Crippen LogP) is 3.38. The first-order valence-electron chi connectivity index (χ1n) is 4.09. The Balaban J connectivity index is 2.32. The van der Waals surface area contributed by atoms with Gasteiger partial charge in [0.25, 0.3) is 0 Å². The van der Waals surface area contributed by atoms with Gasteiger partial charge in [-0.25, -0.2) is 0 Å². The molecular weight excluding hydrogens is 235 g/mol. The lowest BCUT2D eigenvalue weighted by Gasteiger charge is -2.06. The fraction of sp³-hybridized carbons (Fsp3) is 0. The highest BCUT2D eigenvalue weighted by atomic mass is 35.5. The normalized spacial score (nSPS) is 10.0. The number of rotatable bonds is 2. The zero-order chi connectivity index (χ0) is 10.7. The Morgan fingerprint density at radius 2 is 1.87 bits per heavy atom. The van der Waals surface area contributed by atoms with Crippen LogP contribution in [0.25, 0.3) is 0 Å². The monoisotopic (exact) mass is 239 g/mol. The molecule has 0 bridgehead atoms. The second kappa shape index (κ2) is 4.47. The van der Waals surface area contributed by atoms with Crippen LogP contribution in [0.2, 0.25) is 10.0 Å². The number of hydrogen-bond acceptors (Lipinski definition) is 3. The van der Waals surface area contributed by atoms with Crippen molar-refractivity contribution in [2.45, 2.75) is 0 Å². The Kier molecular flexibility index (Phi) is 3.04. The second-order valence-electron chi connectivity index (χ2n) is 2.65. The van der Waals surface area contributed by atoms with Gasteiger partial charge in [0, 0.05) is 6.07 Å². The SMILES string of the molecule is Clc1cccc(Cl)c1Oc1cc[c]nn1. The summed E-state index contributed by atoms with van der Waals surface area (Å²) in [5, 5.41) is 8.12. The van der Waals surface area contributed by atoms with Gasteiger partial charge in [0.15, 0.2) is 5.75 Å². The third-order valence-electron chi connectivity index (χ3n) is 1.63. The maximum Gasteiger partial charge on any atom is 0.239 e. The molecule has 0 saturated heterocycles. The minimum atomic E-state index is 0.323. The third kappa shape index (κ3) is 2.37. The van der Waals surface area contributed by atoms with E-state index in [0.717, 1.165) is 0 Å². The highest BCUT2D eigenvalue weighted by Gasteiger charge is 2.08. The van der Waals surface area contributed by atoms with Crippen LogP contribution in [0.4, 0.5) is 0 Å². The number of hydrogen-bond donors (Lipinski definition) is 0. The van der Waals surface area contributed by atoms with Gasteiger partial charge >= 0.3 is 0 Å². The second-order valence-corrected chi connectivity index (χ2v) is 3.47. The van der Waals surface area contributed by atoms with Gasteiger partial charge < -0.3 is 4.74 Å². The number of halogens is 2. The molecule has 3 nitrogen and oxygen atoms in total. The Morgan fingerprint density at radius 3 is 2.47 bits per heavy atom. The average molecular weight is 240 g/mol. The molecule has 0 aliphatic rings. The molecule has 75 valence electrons. The number of ether oxygens (including phenoxy) is 1. The van der Waals surface area contributed by atoms with E-state index in [0.29, 0.717) is 21.7 Å². The van der Waals surface area contributed by atoms with E-state index >= 15 is 0 Å². The maximum absolute atomic E-state index is 5.91. The van der Waals surface area contributed by atoms with Crippen LogP contribution in [0, 0.1) is 6.20 Å². The standard InChI is InChI=1S/C10H5Cl2N2O/c11-7-3-1-4-8(12)10(7)15-9-5-2-6-13-14-9/h1-5H. The molecule has 1 aromatic heterocycles. The maximum atomic E-state index is 5.91. The van der Waals surface area contributed by atoms with E-state index < -0.39 is 0 Å². The molecule has 0 atom stereocenters. The van der Waals surface area contributed by atoms with Crippen molar-refractivity contribution < 1.29 is 4.74 Å². The molecule has 1 aromatic carbocycles. The molecule has 0 spiro atoms. The highest BCUT2D eigenvalue weighted by molar-refractivity contribution is 6.37. The number of para-hydroxylation sites is 1. The topological polar surface area (TPSA) is 35.0 Å². The van der Waals surface area contributed by atoms with E-state index in [1.54, 1.807) is 30.3 Å². The molecule has 2 aromatic rings. The lowest BCUT2D eigenvalue weighted by molar-refractivity contribution is 0.455. The van der Waals surface area contributed by atoms with E-state index in [-0.39, 0.29) is 0 Å². The van der Waals surface area contributed by atoms with Crippen molar-refractivity contribution in [3.8, 4) is 11.6 Å². The molecule has 0 unspecified atom stereocenters. The fourth-order valence-electron chi connectivity index (χ4n) is 0.992. The highest BCUT2D eigenvalue weighted by Crippen LogP contribution is 2.34. The van der Waals surface area contributed by atoms with E-state index in [9.17, 15) is 0 Å². The van der Waals surface area contributed by atoms with Crippen LogP contribution >= 0.6 is 23.2 Å². The number of aromatic nitrogens is 2. The van der Waals surface area contributed by atoms with Crippen molar-refractivity contribution in [2.75, 3.05) is 0 Å². The van der Waals surface area contributed by atoms with Gasteiger partial charge in [-0.05, 0) is 18.2 Å². The first-order valence-corrected chi connectivity index (χ1v) is 4.84. The van der Waals surface area contributed by atoms with Crippen LogP contribution in [0.3, 0.4) is 0 Å². The molecule has 1 radical (unpaired) electrons. The summed E-state index contributed by atoms with van der Waals surface area (Å²) < 4.78 is 5.38. The largest absolute Gasteiger partial charge is 0.434 e. The Morgan fingerprint density at radius 1 is 1.13 bits per heavy atom. The Labute approximate surface area is 96.6 Å². The van der Waals surface area contributed by atoms with E-state index in [4.69, 9.17) is 27.9 Å². The summed E-state index contributed by atoms with van der Waals surface area (Å²) in [6.07, 6.45) is 2.54. The fourth-order valence-corrected chi connectivity index (χ4v) is 1.47. The Bertz CT molecular complexity index is 442. The summed E-state index contributed by atoms with van der Waals surface area (Å²) in [6.45, 7) is 0. The van der Waals surface area contributed by atoms with Crippen molar-refractivity contribution in [3.63, 3.8) is 0 Å². The van der Waals surface area contributed by atoms with Gasteiger partial charge in [-0.1, -0.05) is 29.3 Å². The van der Waals surface area contributed by atoms with Crippen LogP contribution in [0.5, 0.6) is 11.6 Å². The van der Waals surface area contributed by atoms with Crippen LogP contribution in [-0.2, 0) is 0 Å². The average Bonchev–Trinajstić information content (AvgIpc) is 2.25. The van der Waals surface area contributed by atoms with Crippen LogP contribution in [0.1, 0.15) is 0 Å². The molecule has 0 aliphatic heterocycles. The molecule has 0 saturated carbocycles.